The van der Waals surface area contributed by atoms with Crippen molar-refractivity contribution in [3.63, 3.8) is 0 Å². The van der Waals surface area contributed by atoms with Gasteiger partial charge in [-0.3, -0.25) is 0 Å². The molecule has 21 heavy (non-hydrogen) atoms. The van der Waals surface area contributed by atoms with E-state index in [0.29, 0.717) is 11.8 Å². The minimum absolute atomic E-state index is 0.654. The Kier molecular flexibility index (Phi) is 2.92. The van der Waals surface area contributed by atoms with E-state index in [9.17, 15) is 0 Å². The highest BCUT2D eigenvalue weighted by molar-refractivity contribution is 5.79. The van der Waals surface area contributed by atoms with Crippen molar-refractivity contribution in [1.82, 2.24) is 0 Å². The van der Waals surface area contributed by atoms with Gasteiger partial charge in [0, 0.05) is 5.39 Å². The summed E-state index contributed by atoms with van der Waals surface area (Å²) in [5.74, 6) is 2.29. The molecule has 0 spiro atoms. The Bertz CT molecular complexity index is 759. The molecular weight excluding hydrogens is 256 g/mol. The largest absolute Gasteiger partial charge is 0.457 e. The number of fused-ring (bicyclic) bond motifs is 1. The smallest absolute Gasteiger partial charge is 0.134 e. The van der Waals surface area contributed by atoms with E-state index in [1.807, 2.05) is 18.2 Å². The van der Waals surface area contributed by atoms with Gasteiger partial charge in [-0.05, 0) is 49.0 Å². The fraction of sp³-hybridized carbons (Fsp3) is 0.200. The third-order valence-corrected chi connectivity index (χ3v) is 4.30. The van der Waals surface area contributed by atoms with Gasteiger partial charge in [-0.15, -0.1) is 0 Å². The highest BCUT2D eigenvalue weighted by atomic mass is 16.3. The molecule has 1 saturated carbocycles. The number of hydrogen-bond acceptors (Lipinski definition) is 1. The molecule has 2 atom stereocenters. The quantitative estimate of drug-likeness (QED) is 0.609. The van der Waals surface area contributed by atoms with E-state index in [2.05, 4.69) is 55.5 Å². The Morgan fingerprint density at radius 3 is 2.67 bits per heavy atom. The highest BCUT2D eigenvalue weighted by Gasteiger charge is 2.35. The van der Waals surface area contributed by atoms with Crippen molar-refractivity contribution in [2.75, 3.05) is 0 Å². The first kappa shape index (κ1) is 12.5. The molecule has 0 aliphatic heterocycles. The molecule has 0 bridgehead atoms. The summed E-state index contributed by atoms with van der Waals surface area (Å²) in [4.78, 5) is 0. The first-order valence-electron chi connectivity index (χ1n) is 7.53. The van der Waals surface area contributed by atoms with Crippen molar-refractivity contribution in [2.45, 2.75) is 19.3 Å². The summed E-state index contributed by atoms with van der Waals surface area (Å²) >= 11 is 0. The number of benzene rings is 2. The minimum Gasteiger partial charge on any atom is -0.457 e. The standard InChI is InChI=1S/C20H18O/c1-14-6-8-15(9-7-14)19-13-16(19)10-11-18-12-17-4-2-3-5-20(17)21-18/h2-12,16,19H,13H2,1H3/b11-10+/t16-,19-/m0/s1. The second-order valence-corrected chi connectivity index (χ2v) is 5.96. The van der Waals surface area contributed by atoms with Crippen LogP contribution in [0, 0.1) is 12.8 Å². The monoisotopic (exact) mass is 274 g/mol. The van der Waals surface area contributed by atoms with Gasteiger partial charge in [0.1, 0.15) is 11.3 Å². The van der Waals surface area contributed by atoms with Gasteiger partial charge < -0.3 is 4.42 Å². The van der Waals surface area contributed by atoms with Crippen LogP contribution < -0.4 is 0 Å². The fourth-order valence-electron chi connectivity index (χ4n) is 2.93. The van der Waals surface area contributed by atoms with Crippen molar-refractivity contribution in [1.29, 1.82) is 0 Å². The van der Waals surface area contributed by atoms with E-state index in [1.165, 1.54) is 22.9 Å². The van der Waals surface area contributed by atoms with E-state index in [0.717, 1.165) is 11.3 Å². The third kappa shape index (κ3) is 2.52. The summed E-state index contributed by atoms with van der Waals surface area (Å²) in [7, 11) is 0. The normalized spacial score (nSPS) is 21.2. The van der Waals surface area contributed by atoms with Crippen molar-refractivity contribution < 1.29 is 4.42 Å². The Hall–Kier alpha value is -2.28. The number of allylic oxidation sites excluding steroid dienone is 1. The van der Waals surface area contributed by atoms with Crippen molar-refractivity contribution in [3.8, 4) is 0 Å². The van der Waals surface area contributed by atoms with E-state index < -0.39 is 0 Å². The lowest BCUT2D eigenvalue weighted by atomic mass is 10.1. The topological polar surface area (TPSA) is 13.1 Å². The Morgan fingerprint density at radius 2 is 1.86 bits per heavy atom. The van der Waals surface area contributed by atoms with Crippen molar-refractivity contribution >= 4 is 17.0 Å². The van der Waals surface area contributed by atoms with Gasteiger partial charge in [-0.2, -0.15) is 0 Å². The first-order valence-corrected chi connectivity index (χ1v) is 7.53. The lowest BCUT2D eigenvalue weighted by molar-refractivity contribution is 0.604. The molecule has 1 aliphatic rings. The zero-order chi connectivity index (χ0) is 14.2. The predicted molar refractivity (Wildman–Crippen MR) is 87.3 cm³/mol. The molecule has 1 heteroatoms. The molecule has 1 aromatic heterocycles. The molecule has 1 heterocycles. The molecule has 104 valence electrons. The lowest BCUT2D eigenvalue weighted by Gasteiger charge is -1.98. The van der Waals surface area contributed by atoms with E-state index in [4.69, 9.17) is 4.42 Å². The Morgan fingerprint density at radius 1 is 1.05 bits per heavy atom. The minimum atomic E-state index is 0.654. The second-order valence-electron chi connectivity index (χ2n) is 5.96. The summed E-state index contributed by atoms with van der Waals surface area (Å²) in [6, 6.07) is 19.2. The van der Waals surface area contributed by atoms with Gasteiger partial charge in [0.15, 0.2) is 0 Å². The van der Waals surface area contributed by atoms with Gasteiger partial charge in [-0.25, -0.2) is 0 Å². The van der Waals surface area contributed by atoms with Gasteiger partial charge in [0.25, 0.3) is 0 Å². The summed E-state index contributed by atoms with van der Waals surface area (Å²) in [5, 5.41) is 1.17. The summed E-state index contributed by atoms with van der Waals surface area (Å²) in [6.45, 7) is 2.13. The fourth-order valence-corrected chi connectivity index (χ4v) is 2.93. The molecule has 0 saturated heterocycles. The van der Waals surface area contributed by atoms with Crippen LogP contribution in [0.5, 0.6) is 0 Å². The molecular formula is C20H18O. The zero-order valence-electron chi connectivity index (χ0n) is 12.1. The van der Waals surface area contributed by atoms with E-state index in [1.54, 1.807) is 0 Å². The van der Waals surface area contributed by atoms with Crippen LogP contribution in [-0.4, -0.2) is 0 Å². The Balaban J connectivity index is 1.48. The van der Waals surface area contributed by atoms with E-state index >= 15 is 0 Å². The summed E-state index contributed by atoms with van der Waals surface area (Å²) < 4.78 is 5.82. The predicted octanol–water partition coefficient (Wildman–Crippen LogP) is 5.56. The summed E-state index contributed by atoms with van der Waals surface area (Å²) in [6.07, 6.45) is 5.67. The van der Waals surface area contributed by atoms with Crippen molar-refractivity contribution in [2.24, 2.45) is 5.92 Å². The highest BCUT2D eigenvalue weighted by Crippen LogP contribution is 2.48. The number of furan rings is 1. The molecule has 0 N–H and O–H groups in total. The van der Waals surface area contributed by atoms with Crippen LogP contribution in [0.25, 0.3) is 17.0 Å². The van der Waals surface area contributed by atoms with Crippen LogP contribution in [-0.2, 0) is 0 Å². The molecule has 0 amide bonds. The average molecular weight is 274 g/mol. The number of para-hydroxylation sites is 1. The van der Waals surface area contributed by atoms with Crippen molar-refractivity contribution in [3.05, 3.63) is 77.6 Å². The Labute approximate surface area is 124 Å². The summed E-state index contributed by atoms with van der Waals surface area (Å²) in [5.41, 5.74) is 3.75. The number of hydrogen-bond donors (Lipinski definition) is 0. The molecule has 0 unspecified atom stereocenters. The maximum atomic E-state index is 5.82. The average Bonchev–Trinajstić information content (AvgIpc) is 3.16. The maximum absolute atomic E-state index is 5.82. The molecule has 3 aromatic rings. The van der Waals surface area contributed by atoms with Gasteiger partial charge in [0.05, 0.1) is 0 Å². The molecule has 0 radical (unpaired) electrons. The van der Waals surface area contributed by atoms with E-state index in [-0.39, 0.29) is 0 Å². The maximum Gasteiger partial charge on any atom is 0.134 e. The van der Waals surface area contributed by atoms with Crippen LogP contribution in [0.15, 0.2) is 65.1 Å². The molecule has 1 nitrogen and oxygen atoms in total. The van der Waals surface area contributed by atoms with Gasteiger partial charge in [-0.1, -0.05) is 54.1 Å². The third-order valence-electron chi connectivity index (χ3n) is 4.30. The number of rotatable bonds is 3. The lowest BCUT2D eigenvalue weighted by Crippen LogP contribution is -1.81. The van der Waals surface area contributed by atoms with Crippen LogP contribution in [0.4, 0.5) is 0 Å². The molecule has 1 aliphatic carbocycles. The van der Waals surface area contributed by atoms with Crippen LogP contribution in [0.3, 0.4) is 0 Å². The van der Waals surface area contributed by atoms with Gasteiger partial charge in [0.2, 0.25) is 0 Å². The molecule has 2 aromatic carbocycles. The molecule has 4 rings (SSSR count). The second kappa shape index (κ2) is 4.92. The SMILES string of the molecule is Cc1ccc([C@@H]2C[C@@H]2/C=C/c2cc3ccccc3o2)cc1. The zero-order valence-corrected chi connectivity index (χ0v) is 12.1. The van der Waals surface area contributed by atoms with Gasteiger partial charge >= 0.3 is 0 Å². The van der Waals surface area contributed by atoms with Crippen LogP contribution >= 0.6 is 0 Å². The first-order chi connectivity index (χ1) is 10.3. The number of aryl methyl sites for hydroxylation is 1. The van der Waals surface area contributed by atoms with Crippen LogP contribution in [0.2, 0.25) is 0 Å². The molecule has 1 fully saturated rings. The van der Waals surface area contributed by atoms with Crippen LogP contribution in [0.1, 0.15) is 29.2 Å².